The van der Waals surface area contributed by atoms with E-state index in [1.807, 2.05) is 0 Å². The summed E-state index contributed by atoms with van der Waals surface area (Å²) in [6.07, 6.45) is -0.756. The molecule has 0 fully saturated rings. The van der Waals surface area contributed by atoms with Crippen molar-refractivity contribution in [3.8, 4) is 0 Å². The Balaban J connectivity index is 3.38. The fraction of sp³-hybridized carbons (Fsp3) is 0.750. The molecule has 0 amide bonds. The first-order chi connectivity index (χ1) is 10.1. The highest BCUT2D eigenvalue weighted by molar-refractivity contribution is 5.66. The molecule has 122 valence electrons. The second-order valence-corrected chi connectivity index (χ2v) is 3.66. The Kier molecular flexibility index (Phi) is 11.7. The van der Waals surface area contributed by atoms with Crippen LogP contribution in [-0.2, 0) is 28.5 Å². The fourth-order valence-electron chi connectivity index (χ4n) is 1.01. The average molecular weight is 308 g/mol. The van der Waals surface area contributed by atoms with E-state index >= 15 is 0 Å². The summed E-state index contributed by atoms with van der Waals surface area (Å²) in [6.45, 7) is 0.895. The van der Waals surface area contributed by atoms with Crippen molar-refractivity contribution in [1.29, 1.82) is 0 Å². The molecule has 0 saturated carbocycles. The standard InChI is InChI=1S/C12H20O9/c1-10(14)17-6-7-19-12(16)21-9-8-20-11(15)18-5-3-2-4-13/h13H,2-9H2,1H3. The summed E-state index contributed by atoms with van der Waals surface area (Å²) in [5, 5.41) is 8.50. The van der Waals surface area contributed by atoms with E-state index in [0.717, 1.165) is 0 Å². The highest BCUT2D eigenvalue weighted by atomic mass is 16.7. The van der Waals surface area contributed by atoms with E-state index in [-0.39, 0.29) is 39.6 Å². The highest BCUT2D eigenvalue weighted by Gasteiger charge is 2.07. The van der Waals surface area contributed by atoms with Gasteiger partial charge >= 0.3 is 18.3 Å². The number of carbonyl (C=O) groups is 3. The smallest absolute Gasteiger partial charge is 0.462 e. The number of unbranched alkanes of at least 4 members (excludes halogenated alkanes) is 1. The molecule has 0 radical (unpaired) electrons. The minimum atomic E-state index is -0.956. The number of hydrogen-bond donors (Lipinski definition) is 1. The molecule has 0 spiro atoms. The molecule has 9 nitrogen and oxygen atoms in total. The topological polar surface area (TPSA) is 118 Å². The van der Waals surface area contributed by atoms with Crippen LogP contribution in [0.15, 0.2) is 0 Å². The first-order valence-electron chi connectivity index (χ1n) is 6.39. The average Bonchev–Trinajstić information content (AvgIpc) is 2.44. The third-order valence-corrected chi connectivity index (χ3v) is 1.90. The lowest BCUT2D eigenvalue weighted by Gasteiger charge is -2.07. The van der Waals surface area contributed by atoms with Gasteiger partial charge in [0.15, 0.2) is 0 Å². The first kappa shape index (κ1) is 19.0. The molecule has 1 N–H and O–H groups in total. The summed E-state index contributed by atoms with van der Waals surface area (Å²) in [7, 11) is 0. The van der Waals surface area contributed by atoms with Crippen LogP contribution in [0.1, 0.15) is 19.8 Å². The van der Waals surface area contributed by atoms with Crippen molar-refractivity contribution in [2.75, 3.05) is 39.6 Å². The lowest BCUT2D eigenvalue weighted by atomic mass is 10.3. The van der Waals surface area contributed by atoms with Gasteiger partial charge in [0.25, 0.3) is 0 Å². The molecule has 0 heterocycles. The second kappa shape index (κ2) is 13.0. The zero-order chi connectivity index (χ0) is 15.9. The van der Waals surface area contributed by atoms with E-state index in [1.165, 1.54) is 6.92 Å². The Morgan fingerprint density at radius 2 is 1.14 bits per heavy atom. The predicted octanol–water partition coefficient (Wildman–Crippen LogP) is 0.628. The molecule has 0 aliphatic heterocycles. The van der Waals surface area contributed by atoms with Gasteiger partial charge in [-0.15, -0.1) is 0 Å². The Morgan fingerprint density at radius 3 is 1.57 bits per heavy atom. The van der Waals surface area contributed by atoms with Gasteiger partial charge in [-0.25, -0.2) is 9.59 Å². The van der Waals surface area contributed by atoms with Gasteiger partial charge in [-0.3, -0.25) is 4.79 Å². The fourth-order valence-corrected chi connectivity index (χ4v) is 1.01. The molecule has 0 rings (SSSR count). The monoisotopic (exact) mass is 308 g/mol. The number of carbonyl (C=O) groups excluding carboxylic acids is 3. The number of ether oxygens (including phenoxy) is 5. The van der Waals surface area contributed by atoms with Crippen molar-refractivity contribution < 1.29 is 43.2 Å². The van der Waals surface area contributed by atoms with E-state index in [9.17, 15) is 14.4 Å². The lowest BCUT2D eigenvalue weighted by Crippen LogP contribution is -2.17. The van der Waals surface area contributed by atoms with Crippen LogP contribution in [0.5, 0.6) is 0 Å². The molecule has 0 unspecified atom stereocenters. The second-order valence-electron chi connectivity index (χ2n) is 3.66. The summed E-state index contributed by atoms with van der Waals surface area (Å²) >= 11 is 0. The Morgan fingerprint density at radius 1 is 0.714 bits per heavy atom. The van der Waals surface area contributed by atoms with Crippen LogP contribution < -0.4 is 0 Å². The van der Waals surface area contributed by atoms with Crippen LogP contribution in [0.25, 0.3) is 0 Å². The van der Waals surface area contributed by atoms with Gasteiger partial charge in [-0.05, 0) is 12.8 Å². The molecule has 0 saturated heterocycles. The number of hydrogen-bond acceptors (Lipinski definition) is 9. The molecule has 0 bridgehead atoms. The van der Waals surface area contributed by atoms with Crippen molar-refractivity contribution in [1.82, 2.24) is 0 Å². The van der Waals surface area contributed by atoms with E-state index in [2.05, 4.69) is 23.7 Å². The van der Waals surface area contributed by atoms with Gasteiger partial charge < -0.3 is 28.8 Å². The van der Waals surface area contributed by atoms with Gasteiger partial charge in [0, 0.05) is 13.5 Å². The Hall–Kier alpha value is -2.03. The zero-order valence-corrected chi connectivity index (χ0v) is 11.9. The van der Waals surface area contributed by atoms with Crippen molar-refractivity contribution in [2.24, 2.45) is 0 Å². The van der Waals surface area contributed by atoms with Crippen LogP contribution >= 0.6 is 0 Å². The van der Waals surface area contributed by atoms with E-state index < -0.39 is 18.3 Å². The Bertz CT molecular complexity index is 316. The molecule has 0 aliphatic rings. The maximum absolute atomic E-state index is 11.0. The third kappa shape index (κ3) is 14.2. The first-order valence-corrected chi connectivity index (χ1v) is 6.39. The summed E-state index contributed by atoms with van der Waals surface area (Å²) in [6, 6.07) is 0. The van der Waals surface area contributed by atoms with Crippen LogP contribution in [-0.4, -0.2) is 63.0 Å². The molecule has 9 heteroatoms. The molecular formula is C12H20O9. The minimum Gasteiger partial charge on any atom is -0.462 e. The molecule has 0 aromatic heterocycles. The van der Waals surface area contributed by atoms with Gasteiger partial charge in [-0.1, -0.05) is 0 Å². The van der Waals surface area contributed by atoms with Gasteiger partial charge in [-0.2, -0.15) is 0 Å². The van der Waals surface area contributed by atoms with Crippen molar-refractivity contribution in [2.45, 2.75) is 19.8 Å². The van der Waals surface area contributed by atoms with Crippen LogP contribution in [0.4, 0.5) is 9.59 Å². The lowest BCUT2D eigenvalue weighted by molar-refractivity contribution is -0.142. The Labute approximate surface area is 122 Å². The third-order valence-electron chi connectivity index (χ3n) is 1.90. The predicted molar refractivity (Wildman–Crippen MR) is 67.6 cm³/mol. The molecule has 0 atom stereocenters. The summed E-state index contributed by atoms with van der Waals surface area (Å²) in [4.78, 5) is 32.4. The maximum Gasteiger partial charge on any atom is 0.508 e. The van der Waals surface area contributed by atoms with Crippen molar-refractivity contribution in [3.05, 3.63) is 0 Å². The SMILES string of the molecule is CC(=O)OCCOC(=O)OCCOC(=O)OCCCCO. The van der Waals surface area contributed by atoms with Gasteiger partial charge in [0.1, 0.15) is 26.4 Å². The largest absolute Gasteiger partial charge is 0.508 e. The zero-order valence-electron chi connectivity index (χ0n) is 11.9. The molecule has 0 aromatic carbocycles. The van der Waals surface area contributed by atoms with Crippen LogP contribution in [0.3, 0.4) is 0 Å². The van der Waals surface area contributed by atoms with Crippen LogP contribution in [0, 0.1) is 0 Å². The van der Waals surface area contributed by atoms with Gasteiger partial charge in [0.05, 0.1) is 6.61 Å². The number of aliphatic hydroxyl groups excluding tert-OH is 1. The summed E-state index contributed by atoms with van der Waals surface area (Å²) in [5.74, 6) is -0.474. The number of esters is 1. The summed E-state index contributed by atoms with van der Waals surface area (Å²) in [5.41, 5.74) is 0. The molecule has 0 aliphatic carbocycles. The quantitative estimate of drug-likeness (QED) is 0.352. The van der Waals surface area contributed by atoms with Crippen LogP contribution in [0.2, 0.25) is 0 Å². The van der Waals surface area contributed by atoms with Gasteiger partial charge in [0.2, 0.25) is 0 Å². The molecule has 21 heavy (non-hydrogen) atoms. The van der Waals surface area contributed by atoms with E-state index in [4.69, 9.17) is 5.11 Å². The minimum absolute atomic E-state index is 0.0335. The van der Waals surface area contributed by atoms with Crippen molar-refractivity contribution in [3.63, 3.8) is 0 Å². The number of rotatable bonds is 10. The maximum atomic E-state index is 11.0. The molecule has 0 aromatic rings. The highest BCUT2D eigenvalue weighted by Crippen LogP contribution is 1.93. The van der Waals surface area contributed by atoms with E-state index in [0.29, 0.717) is 12.8 Å². The number of aliphatic hydroxyl groups is 1. The van der Waals surface area contributed by atoms with Crippen molar-refractivity contribution >= 4 is 18.3 Å². The normalized spacial score (nSPS) is 9.62. The molecular weight excluding hydrogens is 288 g/mol. The van der Waals surface area contributed by atoms with E-state index in [1.54, 1.807) is 0 Å². The summed E-state index contributed by atoms with van der Waals surface area (Å²) < 4.78 is 22.9.